The van der Waals surface area contributed by atoms with E-state index in [1.54, 1.807) is 0 Å². The molecular weight excluding hydrogens is 472 g/mol. The van der Waals surface area contributed by atoms with E-state index < -0.39 is 10.8 Å². The zero-order chi connectivity index (χ0) is 25.1. The molecule has 4 rings (SSSR count). The van der Waals surface area contributed by atoms with Crippen LogP contribution in [0.15, 0.2) is 24.3 Å². The van der Waals surface area contributed by atoms with E-state index in [9.17, 15) is 14.9 Å². The maximum absolute atomic E-state index is 13.9. The number of hydrogen-bond donors (Lipinski definition) is 0. The maximum atomic E-state index is 13.9. The Morgan fingerprint density at radius 2 is 1.89 bits per heavy atom. The highest BCUT2D eigenvalue weighted by Crippen LogP contribution is 2.37. The number of nitro benzene ring substituents is 1. The van der Waals surface area contributed by atoms with Gasteiger partial charge in [0.25, 0.3) is 11.6 Å². The zero-order valence-electron chi connectivity index (χ0n) is 20.2. The van der Waals surface area contributed by atoms with Crippen molar-refractivity contribution in [2.24, 2.45) is 0 Å². The van der Waals surface area contributed by atoms with Gasteiger partial charge in [-0.05, 0) is 31.0 Å². The van der Waals surface area contributed by atoms with Crippen molar-refractivity contribution in [2.75, 3.05) is 58.5 Å². The first-order valence-electron chi connectivity index (χ1n) is 11.2. The molecule has 11 heteroatoms. The van der Waals surface area contributed by atoms with Crippen molar-refractivity contribution in [3.05, 3.63) is 51.1 Å². The second-order valence-corrected chi connectivity index (χ2v) is 9.25. The molecule has 0 aliphatic carbocycles. The Kier molecular flexibility index (Phi) is 7.48. The molecule has 1 aliphatic rings. The lowest BCUT2D eigenvalue weighted by molar-refractivity contribution is -0.385. The molecule has 0 atom stereocenters. The van der Waals surface area contributed by atoms with Crippen LogP contribution >= 0.6 is 11.3 Å². The van der Waals surface area contributed by atoms with Crippen LogP contribution in [0.2, 0.25) is 0 Å². The van der Waals surface area contributed by atoms with Gasteiger partial charge >= 0.3 is 0 Å². The van der Waals surface area contributed by atoms with Crippen LogP contribution in [0.3, 0.4) is 0 Å². The van der Waals surface area contributed by atoms with Crippen LogP contribution in [0.25, 0.3) is 10.2 Å². The lowest BCUT2D eigenvalue weighted by Gasteiger charge is -2.29. The van der Waals surface area contributed by atoms with Gasteiger partial charge in [-0.3, -0.25) is 24.7 Å². The molecular formula is C24H28N4O6S. The van der Waals surface area contributed by atoms with Gasteiger partial charge in [-0.15, -0.1) is 0 Å². The standard InChI is InChI=1S/C24H28N4O6S/c1-15-5-6-21-22(16(15)2)25-24(35-21)27(8-7-26-9-11-34-12-10-26)23(29)17-13-19(32-3)20(33-4)14-18(17)28(30)31/h5-6,13-14H,7-12H2,1-4H3. The number of aromatic nitrogens is 1. The van der Waals surface area contributed by atoms with Crippen LogP contribution in [0.4, 0.5) is 10.8 Å². The number of nitro groups is 1. The number of fused-ring (bicyclic) bond motifs is 1. The first-order chi connectivity index (χ1) is 16.8. The number of rotatable bonds is 8. The molecule has 0 saturated carbocycles. The third-order valence-corrected chi connectivity index (χ3v) is 7.27. The largest absolute Gasteiger partial charge is 0.493 e. The van der Waals surface area contributed by atoms with Gasteiger partial charge in [0.15, 0.2) is 16.6 Å². The summed E-state index contributed by atoms with van der Waals surface area (Å²) in [6, 6.07) is 6.60. The second-order valence-electron chi connectivity index (χ2n) is 8.24. The minimum atomic E-state index is -0.582. The molecule has 0 spiro atoms. The van der Waals surface area contributed by atoms with Crippen LogP contribution in [-0.2, 0) is 4.74 Å². The summed E-state index contributed by atoms with van der Waals surface area (Å²) in [5.74, 6) is -0.0913. The fourth-order valence-electron chi connectivity index (χ4n) is 4.02. The summed E-state index contributed by atoms with van der Waals surface area (Å²) in [4.78, 5) is 33.7. The molecule has 2 aromatic carbocycles. The molecule has 1 aliphatic heterocycles. The Hall–Kier alpha value is -3.28. The molecule has 35 heavy (non-hydrogen) atoms. The van der Waals surface area contributed by atoms with Crippen LogP contribution in [0.5, 0.6) is 11.5 Å². The van der Waals surface area contributed by atoms with Crippen molar-refractivity contribution < 1.29 is 23.9 Å². The Balaban J connectivity index is 1.78. The van der Waals surface area contributed by atoms with Gasteiger partial charge in [0.1, 0.15) is 5.56 Å². The zero-order valence-corrected chi connectivity index (χ0v) is 21.0. The van der Waals surface area contributed by atoms with Crippen molar-refractivity contribution in [1.29, 1.82) is 0 Å². The molecule has 0 unspecified atom stereocenters. The Labute approximate surface area is 207 Å². The summed E-state index contributed by atoms with van der Waals surface area (Å²) in [5.41, 5.74) is 2.55. The molecule has 10 nitrogen and oxygen atoms in total. The smallest absolute Gasteiger partial charge is 0.286 e. The first kappa shape index (κ1) is 24.8. The predicted molar refractivity (Wildman–Crippen MR) is 134 cm³/mol. The second kappa shape index (κ2) is 10.5. The summed E-state index contributed by atoms with van der Waals surface area (Å²) < 4.78 is 16.9. The van der Waals surface area contributed by atoms with Gasteiger partial charge in [0, 0.05) is 32.2 Å². The maximum Gasteiger partial charge on any atom is 0.286 e. The highest BCUT2D eigenvalue weighted by atomic mass is 32.1. The number of amides is 1. The van der Waals surface area contributed by atoms with E-state index in [0.29, 0.717) is 31.4 Å². The average Bonchev–Trinajstić information content (AvgIpc) is 3.30. The molecule has 0 bridgehead atoms. The molecule has 1 aromatic heterocycles. The summed E-state index contributed by atoms with van der Waals surface area (Å²) >= 11 is 1.39. The van der Waals surface area contributed by atoms with E-state index in [2.05, 4.69) is 4.90 Å². The number of thiazole rings is 1. The number of carbonyl (C=O) groups is 1. The molecule has 1 amide bonds. The molecule has 1 saturated heterocycles. The third-order valence-electron chi connectivity index (χ3n) is 6.22. The van der Waals surface area contributed by atoms with Gasteiger partial charge in [0.2, 0.25) is 0 Å². The number of morpholine rings is 1. The van der Waals surface area contributed by atoms with E-state index in [0.717, 1.165) is 34.4 Å². The molecule has 0 N–H and O–H groups in total. The molecule has 3 aromatic rings. The monoisotopic (exact) mass is 500 g/mol. The van der Waals surface area contributed by atoms with Crippen LogP contribution in [-0.4, -0.2) is 74.3 Å². The van der Waals surface area contributed by atoms with Gasteiger partial charge in [-0.25, -0.2) is 4.98 Å². The van der Waals surface area contributed by atoms with E-state index >= 15 is 0 Å². The number of anilines is 1. The van der Waals surface area contributed by atoms with Crippen molar-refractivity contribution >= 4 is 38.3 Å². The molecule has 1 fully saturated rings. The van der Waals surface area contributed by atoms with Crippen LogP contribution in [0.1, 0.15) is 21.5 Å². The fraction of sp³-hybridized carbons (Fsp3) is 0.417. The SMILES string of the molecule is COc1cc(C(=O)N(CCN2CCOCC2)c2nc3c(C)c(C)ccc3s2)c([N+](=O)[O-])cc1OC. The lowest BCUT2D eigenvalue weighted by Crippen LogP contribution is -2.43. The summed E-state index contributed by atoms with van der Waals surface area (Å²) in [5, 5.41) is 12.4. The highest BCUT2D eigenvalue weighted by Gasteiger charge is 2.31. The fourth-order valence-corrected chi connectivity index (χ4v) is 5.07. The number of aryl methyl sites for hydroxylation is 2. The number of benzene rings is 2. The van der Waals surface area contributed by atoms with Gasteiger partial charge in [-0.1, -0.05) is 17.4 Å². The number of carbonyl (C=O) groups excluding carboxylic acids is 1. The number of hydrogen-bond acceptors (Lipinski definition) is 9. The van der Waals surface area contributed by atoms with Crippen molar-refractivity contribution in [2.45, 2.75) is 13.8 Å². The quantitative estimate of drug-likeness (QED) is 0.339. The Morgan fingerprint density at radius 1 is 1.20 bits per heavy atom. The number of nitrogens with zero attached hydrogens (tertiary/aromatic N) is 4. The third kappa shape index (κ3) is 5.07. The highest BCUT2D eigenvalue weighted by molar-refractivity contribution is 7.22. The Morgan fingerprint density at radius 3 is 2.54 bits per heavy atom. The lowest BCUT2D eigenvalue weighted by atomic mass is 10.1. The minimum absolute atomic E-state index is 0.0817. The van der Waals surface area contributed by atoms with Gasteiger partial charge in [0.05, 0.1) is 48.6 Å². The first-order valence-corrected chi connectivity index (χ1v) is 12.0. The molecule has 0 radical (unpaired) electrons. The van der Waals surface area contributed by atoms with Crippen molar-refractivity contribution in [3.8, 4) is 11.5 Å². The number of ether oxygens (including phenoxy) is 3. The van der Waals surface area contributed by atoms with E-state index in [1.807, 2.05) is 26.0 Å². The van der Waals surface area contributed by atoms with Crippen molar-refractivity contribution in [1.82, 2.24) is 9.88 Å². The summed E-state index contributed by atoms with van der Waals surface area (Å²) in [7, 11) is 2.82. The van der Waals surface area contributed by atoms with E-state index in [-0.39, 0.29) is 22.7 Å². The van der Waals surface area contributed by atoms with Gasteiger partial charge in [-0.2, -0.15) is 0 Å². The molecule has 186 valence electrons. The van der Waals surface area contributed by atoms with Gasteiger partial charge < -0.3 is 14.2 Å². The normalized spacial score (nSPS) is 14.2. The summed E-state index contributed by atoms with van der Waals surface area (Å²) in [6.45, 7) is 7.71. The van der Waals surface area contributed by atoms with E-state index in [1.165, 1.54) is 42.6 Å². The van der Waals surface area contributed by atoms with Crippen LogP contribution < -0.4 is 14.4 Å². The van der Waals surface area contributed by atoms with Crippen molar-refractivity contribution in [3.63, 3.8) is 0 Å². The van der Waals surface area contributed by atoms with Crippen LogP contribution in [0, 0.1) is 24.0 Å². The molecule has 2 heterocycles. The topological polar surface area (TPSA) is 107 Å². The minimum Gasteiger partial charge on any atom is -0.493 e. The van der Waals surface area contributed by atoms with E-state index in [4.69, 9.17) is 19.2 Å². The predicted octanol–water partition coefficient (Wildman–Crippen LogP) is 3.82. The number of methoxy groups -OCH3 is 2. The Bertz CT molecular complexity index is 1250. The average molecular weight is 501 g/mol. The summed E-state index contributed by atoms with van der Waals surface area (Å²) in [6.07, 6.45) is 0.